The highest BCUT2D eigenvalue weighted by Gasteiger charge is 2.00. The largest absolute Gasteiger partial charge is 0.508 e. The van der Waals surface area contributed by atoms with E-state index in [1.807, 2.05) is 0 Å². The summed E-state index contributed by atoms with van der Waals surface area (Å²) >= 11 is 0. The van der Waals surface area contributed by atoms with Gasteiger partial charge in [-0.15, -0.1) is 0 Å². The summed E-state index contributed by atoms with van der Waals surface area (Å²) in [6, 6.07) is 4.78. The first-order valence-corrected chi connectivity index (χ1v) is 4.00. The Bertz CT molecular complexity index is 278. The van der Waals surface area contributed by atoms with Crippen molar-refractivity contribution in [3.05, 3.63) is 23.8 Å². The number of nitrogen functional groups attached to an aromatic ring is 1. The molecule has 0 aliphatic carbocycles. The molecule has 0 bridgehead atoms. The molecular weight excluding hydrogens is 186 g/mol. The maximum Gasteiger partial charge on any atom is 0.121 e. The van der Waals surface area contributed by atoms with E-state index in [1.54, 1.807) is 12.1 Å². The molecule has 0 saturated carbocycles. The normalized spacial score (nSPS) is 9.50. The molecule has 1 rings (SSSR count). The van der Waals surface area contributed by atoms with Gasteiger partial charge in [-0.25, -0.2) is 0 Å². The average Bonchev–Trinajstić information content (AvgIpc) is 2.11. The highest BCUT2D eigenvalue weighted by atomic mass is 16.5. The third-order valence-electron chi connectivity index (χ3n) is 1.60. The maximum atomic E-state index is 9.34. The predicted molar refractivity (Wildman–Crippen MR) is 52.9 cm³/mol. The molecule has 0 amide bonds. The lowest BCUT2D eigenvalue weighted by Gasteiger charge is -2.05. The zero-order chi connectivity index (χ0) is 9.68. The highest BCUT2D eigenvalue weighted by Crippen LogP contribution is 2.20. The minimum absolute atomic E-state index is 0. The second kappa shape index (κ2) is 6.20. The van der Waals surface area contributed by atoms with Gasteiger partial charge in [-0.3, -0.25) is 0 Å². The Morgan fingerprint density at radius 1 is 1.36 bits per heavy atom. The quantitative estimate of drug-likeness (QED) is 0.352. The average molecular weight is 201 g/mol. The number of anilines is 1. The fourth-order valence-electron chi connectivity index (χ4n) is 0.968. The molecule has 1 aromatic rings. The molecule has 0 radical (unpaired) electrons. The van der Waals surface area contributed by atoms with Crippen LogP contribution < -0.4 is 5.73 Å². The lowest BCUT2D eigenvalue weighted by atomic mass is 10.2. The summed E-state index contributed by atoms with van der Waals surface area (Å²) in [7, 11) is 0. The van der Waals surface area contributed by atoms with Crippen molar-refractivity contribution in [2.75, 3.05) is 18.9 Å². The van der Waals surface area contributed by atoms with Gasteiger partial charge in [0.1, 0.15) is 5.75 Å². The Labute approximate surface area is 82.0 Å². The van der Waals surface area contributed by atoms with Crippen LogP contribution >= 0.6 is 0 Å². The van der Waals surface area contributed by atoms with E-state index < -0.39 is 0 Å². The minimum Gasteiger partial charge on any atom is -0.508 e. The fraction of sp³-hybridized carbons (Fsp3) is 0.333. The van der Waals surface area contributed by atoms with Crippen molar-refractivity contribution in [3.8, 4) is 5.75 Å². The standard InChI is InChI=1S/C9H13NO3.H2O/c10-8-1-2-9(12)7(5-8)6-13-4-3-11;/h1-2,5,11-12H,3-4,6,10H2;1H2. The summed E-state index contributed by atoms with van der Waals surface area (Å²) in [5.74, 6) is 0.159. The van der Waals surface area contributed by atoms with Gasteiger partial charge in [0.2, 0.25) is 0 Å². The second-order valence-electron chi connectivity index (χ2n) is 2.66. The van der Waals surface area contributed by atoms with Crippen LogP contribution in [0.4, 0.5) is 5.69 Å². The predicted octanol–water partition coefficient (Wildman–Crippen LogP) is -0.341. The Morgan fingerprint density at radius 2 is 2.07 bits per heavy atom. The van der Waals surface area contributed by atoms with Gasteiger partial charge in [-0.05, 0) is 18.2 Å². The molecule has 0 fully saturated rings. The van der Waals surface area contributed by atoms with Crippen LogP contribution in [0, 0.1) is 0 Å². The highest BCUT2D eigenvalue weighted by molar-refractivity contribution is 5.46. The molecule has 5 heteroatoms. The van der Waals surface area contributed by atoms with Crippen LogP contribution in [0.5, 0.6) is 5.75 Å². The van der Waals surface area contributed by atoms with Gasteiger partial charge in [0.05, 0.1) is 19.8 Å². The molecular formula is C9H15NO4. The number of benzene rings is 1. The number of rotatable bonds is 4. The summed E-state index contributed by atoms with van der Waals surface area (Å²) in [6.07, 6.45) is 0. The molecule has 0 spiro atoms. The molecule has 14 heavy (non-hydrogen) atoms. The monoisotopic (exact) mass is 201 g/mol. The molecule has 0 unspecified atom stereocenters. The summed E-state index contributed by atoms with van der Waals surface area (Å²) < 4.78 is 5.04. The molecule has 80 valence electrons. The Morgan fingerprint density at radius 3 is 2.71 bits per heavy atom. The number of aliphatic hydroxyl groups is 1. The van der Waals surface area contributed by atoms with Crippen LogP contribution in [0.1, 0.15) is 5.56 Å². The fourth-order valence-corrected chi connectivity index (χ4v) is 0.968. The topological polar surface area (TPSA) is 107 Å². The summed E-state index contributed by atoms with van der Waals surface area (Å²) in [5, 5.41) is 17.8. The molecule has 0 saturated heterocycles. The Kier molecular flexibility index (Phi) is 5.62. The number of hydrogen-bond donors (Lipinski definition) is 3. The van der Waals surface area contributed by atoms with E-state index in [0.29, 0.717) is 11.3 Å². The van der Waals surface area contributed by atoms with E-state index in [0.717, 1.165) is 0 Å². The van der Waals surface area contributed by atoms with Gasteiger partial charge >= 0.3 is 0 Å². The summed E-state index contributed by atoms with van der Waals surface area (Å²) in [6.45, 7) is 0.495. The number of aliphatic hydroxyl groups excluding tert-OH is 1. The Balaban J connectivity index is 0.00000169. The van der Waals surface area contributed by atoms with Crippen molar-refractivity contribution in [2.24, 2.45) is 0 Å². The molecule has 5 nitrogen and oxygen atoms in total. The maximum absolute atomic E-state index is 9.34. The molecule has 6 N–H and O–H groups in total. The van der Waals surface area contributed by atoms with Gasteiger partial charge in [0, 0.05) is 11.3 Å². The SMILES string of the molecule is Nc1ccc(O)c(COCCO)c1.O. The van der Waals surface area contributed by atoms with E-state index in [-0.39, 0.29) is 31.0 Å². The smallest absolute Gasteiger partial charge is 0.121 e. The molecule has 0 aliphatic heterocycles. The molecule has 0 aliphatic rings. The third-order valence-corrected chi connectivity index (χ3v) is 1.60. The summed E-state index contributed by atoms with van der Waals surface area (Å²) in [5.41, 5.74) is 6.73. The lowest BCUT2D eigenvalue weighted by Crippen LogP contribution is -2.00. The number of ether oxygens (including phenoxy) is 1. The van der Waals surface area contributed by atoms with Crippen molar-refractivity contribution in [1.82, 2.24) is 0 Å². The van der Waals surface area contributed by atoms with Crippen molar-refractivity contribution in [1.29, 1.82) is 0 Å². The van der Waals surface area contributed by atoms with Crippen molar-refractivity contribution < 1.29 is 20.4 Å². The molecule has 0 aromatic heterocycles. The third kappa shape index (κ3) is 3.61. The zero-order valence-corrected chi connectivity index (χ0v) is 7.73. The van der Waals surface area contributed by atoms with Gasteiger partial charge in [-0.1, -0.05) is 0 Å². The van der Waals surface area contributed by atoms with E-state index in [4.69, 9.17) is 15.6 Å². The number of nitrogens with two attached hydrogens (primary N) is 1. The molecule has 1 aromatic carbocycles. The van der Waals surface area contributed by atoms with Crippen molar-refractivity contribution >= 4 is 5.69 Å². The van der Waals surface area contributed by atoms with Gasteiger partial charge in [0.25, 0.3) is 0 Å². The number of phenols is 1. The first-order valence-electron chi connectivity index (χ1n) is 4.00. The van der Waals surface area contributed by atoms with Crippen LogP contribution in [-0.2, 0) is 11.3 Å². The summed E-state index contributed by atoms with van der Waals surface area (Å²) in [4.78, 5) is 0. The van der Waals surface area contributed by atoms with Gasteiger partial charge in [-0.2, -0.15) is 0 Å². The van der Waals surface area contributed by atoms with Crippen molar-refractivity contribution in [3.63, 3.8) is 0 Å². The Hall–Kier alpha value is -1.30. The first kappa shape index (κ1) is 12.7. The van der Waals surface area contributed by atoms with Gasteiger partial charge < -0.3 is 26.2 Å². The number of hydrogen-bond acceptors (Lipinski definition) is 4. The number of phenolic OH excluding ortho intramolecular Hbond substituents is 1. The van der Waals surface area contributed by atoms with Crippen molar-refractivity contribution in [2.45, 2.75) is 6.61 Å². The van der Waals surface area contributed by atoms with Gasteiger partial charge in [0.15, 0.2) is 0 Å². The van der Waals surface area contributed by atoms with E-state index in [9.17, 15) is 5.11 Å². The zero-order valence-electron chi connectivity index (χ0n) is 7.73. The lowest BCUT2D eigenvalue weighted by molar-refractivity contribution is 0.0804. The van der Waals surface area contributed by atoms with Crippen LogP contribution in [-0.4, -0.2) is 28.9 Å². The van der Waals surface area contributed by atoms with E-state index >= 15 is 0 Å². The van der Waals surface area contributed by atoms with E-state index in [2.05, 4.69) is 0 Å². The first-order chi connectivity index (χ1) is 6.24. The van der Waals surface area contributed by atoms with Crippen LogP contribution in [0.2, 0.25) is 0 Å². The van der Waals surface area contributed by atoms with E-state index in [1.165, 1.54) is 6.07 Å². The second-order valence-corrected chi connectivity index (χ2v) is 2.66. The number of aromatic hydroxyl groups is 1. The van der Waals surface area contributed by atoms with Crippen LogP contribution in [0.15, 0.2) is 18.2 Å². The van der Waals surface area contributed by atoms with Crippen LogP contribution in [0.25, 0.3) is 0 Å². The molecule has 0 atom stereocenters. The molecule has 0 heterocycles. The van der Waals surface area contributed by atoms with Crippen LogP contribution in [0.3, 0.4) is 0 Å². The minimum atomic E-state index is -0.0247.